The van der Waals surface area contributed by atoms with Crippen molar-refractivity contribution in [2.75, 3.05) is 52.1 Å². The van der Waals surface area contributed by atoms with Crippen molar-refractivity contribution >= 4 is 23.1 Å². The molecule has 1 fully saturated rings. The van der Waals surface area contributed by atoms with Gasteiger partial charge in [-0.3, -0.25) is 14.7 Å². The van der Waals surface area contributed by atoms with Gasteiger partial charge >= 0.3 is 12.2 Å². The van der Waals surface area contributed by atoms with E-state index < -0.39 is 17.8 Å². The third-order valence-electron chi connectivity index (χ3n) is 8.79. The zero-order chi connectivity index (χ0) is 33.3. The fraction of sp³-hybridized carbons (Fsp3) is 0.394. The molecular formula is C33H37F3N8O3. The van der Waals surface area contributed by atoms with Gasteiger partial charge in [-0.1, -0.05) is 13.0 Å². The number of urea groups is 1. The molecule has 6 rings (SSSR count). The number of nitrogens with one attached hydrogen (secondary N) is 2. The van der Waals surface area contributed by atoms with E-state index in [1.807, 2.05) is 24.9 Å². The normalized spacial score (nSPS) is 17.4. The first-order valence-corrected chi connectivity index (χ1v) is 15.6. The van der Waals surface area contributed by atoms with Gasteiger partial charge in [0, 0.05) is 76.7 Å². The highest BCUT2D eigenvalue weighted by molar-refractivity contribution is 5.95. The van der Waals surface area contributed by atoms with E-state index in [4.69, 9.17) is 4.74 Å². The van der Waals surface area contributed by atoms with Gasteiger partial charge in [0.2, 0.25) is 0 Å². The summed E-state index contributed by atoms with van der Waals surface area (Å²) in [6.45, 7) is 5.76. The van der Waals surface area contributed by atoms with Gasteiger partial charge in [-0.25, -0.2) is 9.31 Å². The van der Waals surface area contributed by atoms with Crippen molar-refractivity contribution < 1.29 is 27.5 Å². The summed E-state index contributed by atoms with van der Waals surface area (Å²) in [6, 6.07) is 8.71. The van der Waals surface area contributed by atoms with E-state index in [2.05, 4.69) is 25.6 Å². The molecule has 3 aromatic heterocycles. The molecule has 2 N–H and O–H groups in total. The number of fused-ring (bicyclic) bond motifs is 2. The number of benzene rings is 1. The molecule has 0 spiro atoms. The van der Waals surface area contributed by atoms with Gasteiger partial charge in [-0.2, -0.15) is 18.3 Å². The summed E-state index contributed by atoms with van der Waals surface area (Å²) in [5, 5.41) is 9.54. The second-order valence-corrected chi connectivity index (χ2v) is 12.0. The first kappa shape index (κ1) is 32.3. The number of anilines is 1. The van der Waals surface area contributed by atoms with Gasteiger partial charge < -0.3 is 25.2 Å². The fourth-order valence-electron chi connectivity index (χ4n) is 6.13. The van der Waals surface area contributed by atoms with Crippen molar-refractivity contribution in [2.45, 2.75) is 38.5 Å². The maximum absolute atomic E-state index is 14.1. The number of nitrogens with zero attached hydrogens (tertiary/aromatic N) is 6. The number of hydrogen-bond acceptors (Lipinski definition) is 7. The van der Waals surface area contributed by atoms with E-state index in [1.54, 1.807) is 47.2 Å². The Kier molecular flexibility index (Phi) is 9.06. The molecule has 0 saturated carbocycles. The summed E-state index contributed by atoms with van der Waals surface area (Å²) < 4.78 is 50.1. The number of rotatable bonds is 7. The summed E-state index contributed by atoms with van der Waals surface area (Å²) in [6.07, 6.45) is 0.935. The highest BCUT2D eigenvalue weighted by Gasteiger charge is 2.35. The van der Waals surface area contributed by atoms with Crippen LogP contribution in [-0.2, 0) is 19.3 Å². The molecule has 1 saturated heterocycles. The third-order valence-corrected chi connectivity index (χ3v) is 8.79. The Hall–Kier alpha value is -4.69. The number of halogens is 3. The van der Waals surface area contributed by atoms with Crippen LogP contribution in [0.25, 0.3) is 5.52 Å². The minimum Gasteiger partial charge on any atom is -0.453 e. The highest BCUT2D eigenvalue weighted by atomic mass is 19.4. The number of aromatic nitrogens is 3. The number of likely N-dealkylation sites (N-methyl/N-ethyl adjacent to an activating group) is 1. The molecule has 1 aromatic carbocycles. The Morgan fingerprint density at radius 3 is 2.60 bits per heavy atom. The number of carbonyl (C=O) groups excluding carboxylic acids is 2. The van der Waals surface area contributed by atoms with Crippen LogP contribution in [0.15, 0.2) is 55.0 Å². The monoisotopic (exact) mass is 650 g/mol. The average molecular weight is 651 g/mol. The zero-order valence-corrected chi connectivity index (χ0v) is 26.5. The number of pyridine rings is 1. The summed E-state index contributed by atoms with van der Waals surface area (Å²) in [4.78, 5) is 36.0. The van der Waals surface area contributed by atoms with Crippen molar-refractivity contribution in [3.8, 4) is 11.5 Å². The van der Waals surface area contributed by atoms with E-state index in [9.17, 15) is 22.8 Å². The van der Waals surface area contributed by atoms with Crippen LogP contribution in [0.3, 0.4) is 0 Å². The van der Waals surface area contributed by atoms with E-state index in [-0.39, 0.29) is 36.2 Å². The largest absolute Gasteiger partial charge is 0.453 e. The molecule has 3 amide bonds. The molecule has 0 bridgehead atoms. The molecule has 2 aliphatic heterocycles. The second kappa shape index (κ2) is 13.2. The summed E-state index contributed by atoms with van der Waals surface area (Å²) in [5.74, 6) is 0.578. The van der Waals surface area contributed by atoms with Crippen molar-refractivity contribution in [1.82, 2.24) is 34.6 Å². The van der Waals surface area contributed by atoms with Crippen molar-refractivity contribution in [3.05, 3.63) is 82.9 Å². The molecule has 5 heterocycles. The van der Waals surface area contributed by atoms with Gasteiger partial charge in [0.15, 0.2) is 5.75 Å². The smallest absolute Gasteiger partial charge is 0.416 e. The molecule has 248 valence electrons. The van der Waals surface area contributed by atoms with Crippen LogP contribution in [0.5, 0.6) is 11.5 Å². The van der Waals surface area contributed by atoms with Gasteiger partial charge in [0.1, 0.15) is 11.3 Å². The number of hydrogen-bond donors (Lipinski definition) is 2. The lowest BCUT2D eigenvalue weighted by Crippen LogP contribution is -2.44. The van der Waals surface area contributed by atoms with Gasteiger partial charge in [-0.15, -0.1) is 0 Å². The predicted molar refractivity (Wildman–Crippen MR) is 170 cm³/mol. The van der Waals surface area contributed by atoms with E-state index in [0.29, 0.717) is 48.6 Å². The summed E-state index contributed by atoms with van der Waals surface area (Å²) in [7, 11) is 3.55. The molecule has 0 unspecified atom stereocenters. The number of piperazine rings is 1. The van der Waals surface area contributed by atoms with Gasteiger partial charge in [0.05, 0.1) is 29.2 Å². The Morgan fingerprint density at radius 2 is 1.87 bits per heavy atom. The lowest BCUT2D eigenvalue weighted by molar-refractivity contribution is -0.138. The maximum atomic E-state index is 14.1. The van der Waals surface area contributed by atoms with Crippen LogP contribution in [0.1, 0.15) is 52.0 Å². The molecule has 4 aromatic rings. The lowest BCUT2D eigenvalue weighted by atomic mass is 9.92. The molecule has 2 aliphatic rings. The quantitative estimate of drug-likeness (QED) is 0.284. The number of ether oxygens (including phenoxy) is 1. The first-order valence-electron chi connectivity index (χ1n) is 15.6. The lowest BCUT2D eigenvalue weighted by Gasteiger charge is -2.34. The molecule has 0 radical (unpaired) electrons. The summed E-state index contributed by atoms with van der Waals surface area (Å²) >= 11 is 0. The minimum atomic E-state index is -4.56. The molecule has 0 aliphatic carbocycles. The topological polar surface area (TPSA) is 107 Å². The Balaban J connectivity index is 1.19. The van der Waals surface area contributed by atoms with Crippen LogP contribution < -0.4 is 15.4 Å². The van der Waals surface area contributed by atoms with Crippen molar-refractivity contribution in [1.29, 1.82) is 0 Å². The Bertz CT molecular complexity index is 1780. The van der Waals surface area contributed by atoms with E-state index in [1.165, 1.54) is 12.1 Å². The van der Waals surface area contributed by atoms with Crippen LogP contribution >= 0.6 is 0 Å². The van der Waals surface area contributed by atoms with E-state index >= 15 is 0 Å². The van der Waals surface area contributed by atoms with Crippen molar-refractivity contribution in [2.24, 2.45) is 0 Å². The maximum Gasteiger partial charge on any atom is 0.416 e. The minimum absolute atomic E-state index is 0.0661. The van der Waals surface area contributed by atoms with E-state index in [0.717, 1.165) is 30.4 Å². The molecule has 11 nitrogen and oxygen atoms in total. The molecular weight excluding hydrogens is 613 g/mol. The second-order valence-electron chi connectivity index (χ2n) is 12.0. The van der Waals surface area contributed by atoms with Crippen LogP contribution in [0.4, 0.5) is 23.7 Å². The van der Waals surface area contributed by atoms with Gasteiger partial charge in [-0.05, 0) is 48.9 Å². The number of alkyl halides is 3. The first-order chi connectivity index (χ1) is 22.5. The molecule has 47 heavy (non-hydrogen) atoms. The highest BCUT2D eigenvalue weighted by Crippen LogP contribution is 2.36. The van der Waals surface area contributed by atoms with Gasteiger partial charge in [0.25, 0.3) is 5.91 Å². The zero-order valence-electron chi connectivity index (χ0n) is 26.5. The standard InChI is InChI=1S/C33H37F3N8O3/c1-4-21-18-43(32(46)40-25-6-5-22(27(15-25)33(34,35)36)17-42-11-9-41(3)10-12-42)19-23-13-26(16-38-30(21)23)47-29-7-8-39-44-20-24(14-28(29)44)31(45)37-2/h5-8,13-16,20-21H,4,9-12,17-19H2,1-3H3,(H,37,45)(H,40,46)/t21-/m0/s1. The van der Waals surface area contributed by atoms with Crippen LogP contribution in [0.2, 0.25) is 0 Å². The molecule has 14 heteroatoms. The Labute approximate surface area is 270 Å². The van der Waals surface area contributed by atoms with Crippen LogP contribution in [-0.4, -0.2) is 88.1 Å². The number of carbonyl (C=O) groups is 2. The predicted octanol–water partition coefficient (Wildman–Crippen LogP) is 5.19. The average Bonchev–Trinajstić information content (AvgIpc) is 3.50. The van der Waals surface area contributed by atoms with Crippen LogP contribution in [0, 0.1) is 0 Å². The number of amides is 3. The van der Waals surface area contributed by atoms with Crippen molar-refractivity contribution in [3.63, 3.8) is 0 Å². The fourth-order valence-corrected chi connectivity index (χ4v) is 6.13. The third kappa shape index (κ3) is 7.03. The summed E-state index contributed by atoms with van der Waals surface area (Å²) in [5.41, 5.74) is 2.17. The molecule has 1 atom stereocenters. The Morgan fingerprint density at radius 1 is 1.09 bits per heavy atom. The SMILES string of the molecule is CC[C@H]1CN(C(=O)Nc2ccc(CN3CCN(C)CC3)c(C(F)(F)F)c2)Cc2cc(Oc3ccnn4cc(C(=O)NC)cc34)cnc21.